The molecule has 2 N–H and O–H groups in total. The molecule has 6 aliphatic heterocycles. The molecule has 57 heavy (non-hydrogen) atoms. The molecule has 8 rings (SSSR count). The SMILES string of the molecule is CO[C@@H]1C[C@H](O[C@H]2[C@H](C)O[C@H](O[C@H]3[C@H](C)O[C@H](O[C@@H]4CC5=CC[C@H]6C(=O)O[C@@H]7CO[C@]8(C)OC=C(CC[C@@H]6[C@@]5(C)C[C@H]4O)[C@H]78)C[C@H]3OC)C[C@H]2OC)O[C@@H](C)[C@@H]1O. The Balaban J connectivity index is 0.876. The van der Waals surface area contributed by atoms with Gasteiger partial charge in [0.25, 0.3) is 0 Å². The number of fused-ring (bicyclic) bond motifs is 3. The molecule has 6 fully saturated rings. The molecule has 0 aromatic heterocycles. The van der Waals surface area contributed by atoms with E-state index in [0.717, 1.165) is 18.4 Å². The summed E-state index contributed by atoms with van der Waals surface area (Å²) in [5, 5.41) is 22.1. The Hall–Kier alpha value is -1.73. The van der Waals surface area contributed by atoms with Gasteiger partial charge in [-0.15, -0.1) is 0 Å². The Bertz CT molecular complexity index is 1510. The van der Waals surface area contributed by atoms with Gasteiger partial charge in [0, 0.05) is 47.5 Å². The zero-order valence-electron chi connectivity index (χ0n) is 34.6. The average molecular weight is 809 g/mol. The second kappa shape index (κ2) is 16.6. The van der Waals surface area contributed by atoms with Crippen molar-refractivity contribution in [2.75, 3.05) is 27.9 Å². The standard InChI is InChI=1S/C42H64O15/c1-20-37(44)29(46-6)14-34(51-20)56-39-22(3)53-35(16-31(39)48-8)57-38-21(2)52-33(15-30(38)47-7)54-28-13-24-10-11-25-26(41(24,4)17-27(28)43)12-9-23-18-49-42(5)36(23)32(19-50-42)55-40(25)45/h10,18,20-22,25-39,43-44H,9,11-17,19H2,1-8H3/t20-,21-,22-,25+,26-,27+,28+,29+,30+,31+,32+,33+,34-,35+,36+,37-,38-,39-,41-,42-/m0/s1. The molecule has 0 amide bonds. The maximum atomic E-state index is 13.7. The van der Waals surface area contributed by atoms with Crippen molar-refractivity contribution in [2.24, 2.45) is 23.2 Å². The molecule has 5 saturated heterocycles. The number of hydrogen-bond donors (Lipinski definition) is 2. The van der Waals surface area contributed by atoms with Gasteiger partial charge in [0.2, 0.25) is 5.79 Å². The van der Waals surface area contributed by atoms with Gasteiger partial charge >= 0.3 is 5.97 Å². The van der Waals surface area contributed by atoms with Crippen molar-refractivity contribution in [3.8, 4) is 0 Å². The number of carbonyl (C=O) groups is 1. The Morgan fingerprint density at radius 1 is 0.789 bits per heavy atom. The molecule has 15 nitrogen and oxygen atoms in total. The van der Waals surface area contributed by atoms with Gasteiger partial charge in [-0.05, 0) is 69.8 Å². The van der Waals surface area contributed by atoms with Crippen LogP contribution in [0.15, 0.2) is 23.5 Å². The molecule has 20 atom stereocenters. The van der Waals surface area contributed by atoms with Crippen LogP contribution in [0.5, 0.6) is 0 Å². The third-order valence-electron chi connectivity index (χ3n) is 14.5. The van der Waals surface area contributed by atoms with Crippen LogP contribution in [0, 0.1) is 23.2 Å². The molecule has 0 unspecified atom stereocenters. The lowest BCUT2D eigenvalue weighted by Crippen LogP contribution is -2.57. The number of aliphatic hydroxyl groups is 2. The lowest BCUT2D eigenvalue weighted by atomic mass is 9.55. The van der Waals surface area contributed by atoms with E-state index in [4.69, 9.17) is 56.8 Å². The van der Waals surface area contributed by atoms with Gasteiger partial charge in [-0.3, -0.25) is 4.79 Å². The summed E-state index contributed by atoms with van der Waals surface area (Å²) < 4.78 is 73.7. The van der Waals surface area contributed by atoms with Crippen molar-refractivity contribution in [3.63, 3.8) is 0 Å². The highest BCUT2D eigenvalue weighted by Gasteiger charge is 2.59. The summed E-state index contributed by atoms with van der Waals surface area (Å²) in [5.74, 6) is -1.37. The Kier molecular flexibility index (Phi) is 12.2. The predicted molar refractivity (Wildman–Crippen MR) is 199 cm³/mol. The molecule has 8 aliphatic rings. The molecule has 2 aliphatic carbocycles. The maximum Gasteiger partial charge on any atom is 0.309 e. The molecule has 0 bridgehead atoms. The normalized spacial score (nSPS) is 51.2. The Morgan fingerprint density at radius 3 is 2.02 bits per heavy atom. The van der Waals surface area contributed by atoms with Gasteiger partial charge < -0.3 is 67.1 Å². The number of methoxy groups -OCH3 is 3. The minimum Gasteiger partial charge on any atom is -0.469 e. The van der Waals surface area contributed by atoms with E-state index in [1.54, 1.807) is 28.3 Å². The monoisotopic (exact) mass is 808 g/mol. The van der Waals surface area contributed by atoms with Crippen molar-refractivity contribution >= 4 is 5.97 Å². The van der Waals surface area contributed by atoms with Gasteiger partial charge in [0.05, 0.1) is 73.5 Å². The van der Waals surface area contributed by atoms with Gasteiger partial charge in [-0.2, -0.15) is 0 Å². The fraction of sp³-hybridized carbons (Fsp3) is 0.881. The summed E-state index contributed by atoms with van der Waals surface area (Å²) in [7, 11) is 4.86. The van der Waals surface area contributed by atoms with E-state index < -0.39 is 85.0 Å². The van der Waals surface area contributed by atoms with Crippen LogP contribution in [0.1, 0.15) is 86.0 Å². The van der Waals surface area contributed by atoms with E-state index in [1.165, 1.54) is 5.57 Å². The smallest absolute Gasteiger partial charge is 0.309 e. The summed E-state index contributed by atoms with van der Waals surface area (Å²) in [6, 6.07) is 0. The molecule has 15 heteroatoms. The van der Waals surface area contributed by atoms with Gasteiger partial charge in [0.1, 0.15) is 24.4 Å². The first-order valence-corrected chi connectivity index (χ1v) is 21.0. The van der Waals surface area contributed by atoms with E-state index in [2.05, 4.69) is 13.0 Å². The molecule has 0 aromatic carbocycles. The van der Waals surface area contributed by atoms with Crippen LogP contribution in [0.25, 0.3) is 0 Å². The number of rotatable bonds is 9. The second-order valence-corrected chi connectivity index (χ2v) is 17.9. The number of allylic oxidation sites excluding steroid dienone is 1. The Morgan fingerprint density at radius 2 is 1.39 bits per heavy atom. The first-order valence-electron chi connectivity index (χ1n) is 21.0. The fourth-order valence-corrected chi connectivity index (χ4v) is 11.3. The van der Waals surface area contributed by atoms with Crippen molar-refractivity contribution < 1.29 is 71.8 Å². The van der Waals surface area contributed by atoms with Crippen molar-refractivity contribution in [2.45, 2.75) is 184 Å². The predicted octanol–water partition coefficient (Wildman–Crippen LogP) is 3.66. The lowest BCUT2D eigenvalue weighted by molar-refractivity contribution is -0.339. The molecule has 6 heterocycles. The fourth-order valence-electron chi connectivity index (χ4n) is 11.3. The average Bonchev–Trinajstić information content (AvgIpc) is 3.69. The Labute approximate surface area is 335 Å². The molecule has 322 valence electrons. The van der Waals surface area contributed by atoms with Gasteiger partial charge in [0.15, 0.2) is 18.9 Å². The van der Waals surface area contributed by atoms with Crippen LogP contribution in [0.3, 0.4) is 0 Å². The third-order valence-corrected chi connectivity index (χ3v) is 14.5. The maximum absolute atomic E-state index is 13.7. The lowest BCUT2D eigenvalue weighted by Gasteiger charge is -2.52. The first-order chi connectivity index (χ1) is 27.2. The van der Waals surface area contributed by atoms with E-state index in [0.29, 0.717) is 45.1 Å². The van der Waals surface area contributed by atoms with Crippen LogP contribution in [0.4, 0.5) is 0 Å². The van der Waals surface area contributed by atoms with Crippen molar-refractivity contribution in [3.05, 3.63) is 23.5 Å². The van der Waals surface area contributed by atoms with E-state index in [9.17, 15) is 15.0 Å². The molecule has 0 radical (unpaired) electrons. The number of hydrogen-bond acceptors (Lipinski definition) is 15. The zero-order chi connectivity index (χ0) is 40.4. The molecule has 0 spiro atoms. The van der Waals surface area contributed by atoms with Crippen LogP contribution in [0.2, 0.25) is 0 Å². The van der Waals surface area contributed by atoms with Crippen LogP contribution < -0.4 is 0 Å². The topological polar surface area (TPSA) is 168 Å². The summed E-state index contributed by atoms with van der Waals surface area (Å²) >= 11 is 0. The second-order valence-electron chi connectivity index (χ2n) is 17.9. The van der Waals surface area contributed by atoms with Gasteiger partial charge in [-0.25, -0.2) is 0 Å². The number of ether oxygens (including phenoxy) is 12. The summed E-state index contributed by atoms with van der Waals surface area (Å²) in [6.07, 6.45) is 0.929. The summed E-state index contributed by atoms with van der Waals surface area (Å²) in [4.78, 5) is 13.7. The zero-order valence-corrected chi connectivity index (χ0v) is 34.6. The minimum absolute atomic E-state index is 0.000401. The molecular formula is C42H64O15. The van der Waals surface area contributed by atoms with E-state index >= 15 is 0 Å². The van der Waals surface area contributed by atoms with E-state index in [-0.39, 0.29) is 42.0 Å². The van der Waals surface area contributed by atoms with Crippen molar-refractivity contribution in [1.82, 2.24) is 0 Å². The molecular weight excluding hydrogens is 744 g/mol. The van der Waals surface area contributed by atoms with Crippen LogP contribution in [-0.2, 0) is 61.6 Å². The van der Waals surface area contributed by atoms with Gasteiger partial charge in [-0.1, -0.05) is 18.6 Å². The van der Waals surface area contributed by atoms with E-state index in [1.807, 2.05) is 27.0 Å². The quantitative estimate of drug-likeness (QED) is 0.256. The highest BCUT2D eigenvalue weighted by atomic mass is 16.8. The third kappa shape index (κ3) is 7.87. The minimum atomic E-state index is -0.790. The van der Waals surface area contributed by atoms with Crippen molar-refractivity contribution in [1.29, 1.82) is 0 Å². The largest absolute Gasteiger partial charge is 0.469 e. The number of carbonyl (C=O) groups excluding carboxylic acids is 1. The summed E-state index contributed by atoms with van der Waals surface area (Å²) in [5.41, 5.74) is 1.95. The van der Waals surface area contributed by atoms with Crippen LogP contribution >= 0.6 is 0 Å². The molecule has 0 aromatic rings. The highest BCUT2D eigenvalue weighted by molar-refractivity contribution is 5.74. The summed E-state index contributed by atoms with van der Waals surface area (Å²) in [6.45, 7) is 10.1. The number of esters is 1. The molecule has 1 saturated carbocycles. The first kappa shape index (κ1) is 42.0. The highest BCUT2D eigenvalue weighted by Crippen LogP contribution is 2.57. The van der Waals surface area contributed by atoms with Crippen LogP contribution in [-0.4, -0.2) is 142 Å². The number of aliphatic hydroxyl groups excluding tert-OH is 2.